The summed E-state index contributed by atoms with van der Waals surface area (Å²) in [6.07, 6.45) is 55.9. The highest BCUT2D eigenvalue weighted by molar-refractivity contribution is 7.81. The molecule has 21 nitrogen and oxygen atoms in total. The summed E-state index contributed by atoms with van der Waals surface area (Å²) in [6, 6.07) is 0. The molecule has 20 rings (SSSR count). The van der Waals surface area contributed by atoms with Crippen molar-refractivity contribution in [2.75, 3.05) is 26.4 Å². The van der Waals surface area contributed by atoms with E-state index < -0.39 is 26.8 Å². The van der Waals surface area contributed by atoms with Gasteiger partial charge in [-0.15, -0.1) is 0 Å². The van der Waals surface area contributed by atoms with Crippen LogP contribution in [0, 0.1) is 232 Å². The fourth-order valence-electron chi connectivity index (χ4n) is 44.5. The molecular formula is C122H212O21S2. The zero-order chi connectivity index (χ0) is 105. The predicted molar refractivity (Wildman–Crippen MR) is 570 cm³/mol. The van der Waals surface area contributed by atoms with Crippen molar-refractivity contribution >= 4 is 26.8 Å². The van der Waals surface area contributed by atoms with Crippen molar-refractivity contribution in [3.05, 3.63) is 0 Å². The second-order valence-electron chi connectivity index (χ2n) is 58.1. The molecule has 0 radical (unpaired) electrons. The Labute approximate surface area is 878 Å². The number of aliphatic carboxylic acids is 1. The summed E-state index contributed by atoms with van der Waals surface area (Å²) in [7, 11) is -8.71. The number of carbonyl (C=O) groups is 1. The maximum Gasteiger partial charge on any atom is 0.397 e. The summed E-state index contributed by atoms with van der Waals surface area (Å²) < 4.78 is 70.0. The van der Waals surface area contributed by atoms with E-state index in [1.165, 1.54) is 141 Å². The molecule has 0 saturated heterocycles. The number of fused-ring (bicyclic) bond motifs is 25. The van der Waals surface area contributed by atoms with E-state index in [0.29, 0.717) is 236 Å². The fraction of sp³-hybridized carbons (Fsp3) is 0.992. The summed E-state index contributed by atoms with van der Waals surface area (Å²) in [5, 5.41) is 125. The molecule has 20 aliphatic carbocycles. The Morgan fingerprint density at radius 3 is 0.814 bits per heavy atom. The van der Waals surface area contributed by atoms with E-state index in [0.717, 1.165) is 192 Å². The molecule has 0 aromatic carbocycles. The van der Waals surface area contributed by atoms with Gasteiger partial charge in [-0.05, 0) is 521 Å². The van der Waals surface area contributed by atoms with Crippen LogP contribution < -0.4 is 0 Å². The van der Waals surface area contributed by atoms with Gasteiger partial charge in [0.25, 0.3) is 0 Å². The van der Waals surface area contributed by atoms with Crippen LogP contribution in [0.1, 0.15) is 444 Å². The zero-order valence-corrected chi connectivity index (χ0v) is 94.9. The van der Waals surface area contributed by atoms with Crippen LogP contribution in [0.4, 0.5) is 0 Å². The van der Waals surface area contributed by atoms with Gasteiger partial charge in [0.1, 0.15) is 0 Å². The van der Waals surface area contributed by atoms with Crippen LogP contribution in [0.5, 0.6) is 0 Å². The normalized spacial score (nSPS) is 50.2. The van der Waals surface area contributed by atoms with Gasteiger partial charge in [0.15, 0.2) is 0 Å². The van der Waals surface area contributed by atoms with Gasteiger partial charge in [0.2, 0.25) is 0 Å². The Hall–Kier alpha value is -1.23. The first-order valence-electron chi connectivity index (χ1n) is 61.1. The van der Waals surface area contributed by atoms with E-state index in [-0.39, 0.29) is 84.4 Å². The van der Waals surface area contributed by atoms with E-state index in [1.807, 2.05) is 0 Å². The van der Waals surface area contributed by atoms with Crippen LogP contribution in [-0.2, 0) is 34.0 Å². The summed E-state index contributed by atoms with van der Waals surface area (Å²) in [5.74, 6) is 16.4. The first-order valence-corrected chi connectivity index (χ1v) is 63.8. The van der Waals surface area contributed by atoms with Gasteiger partial charge in [-0.2, -0.15) is 16.8 Å². The molecule has 20 aliphatic rings. The Morgan fingerprint density at radius 1 is 0.269 bits per heavy atom. The van der Waals surface area contributed by atoms with E-state index in [4.69, 9.17) is 19.3 Å². The Morgan fingerprint density at radius 2 is 0.524 bits per heavy atom. The average molecular weight is 2080 g/mol. The molecule has 20 fully saturated rings. The molecule has 145 heavy (non-hydrogen) atoms. The number of aliphatic hydroxyl groups excluding tert-OH is 11. The lowest BCUT2D eigenvalue weighted by molar-refractivity contribution is -0.174. The molecule has 15 unspecified atom stereocenters. The minimum absolute atomic E-state index is 0.0218. The first-order chi connectivity index (χ1) is 68.3. The Bertz CT molecular complexity index is 4440. The second kappa shape index (κ2) is 46.0. The number of carboxylic acids is 1. The monoisotopic (exact) mass is 2080 g/mol. The number of aliphatic hydroxyl groups is 11. The van der Waals surface area contributed by atoms with E-state index in [2.05, 4.69) is 112 Å². The molecule has 0 aromatic heterocycles. The summed E-state index contributed by atoms with van der Waals surface area (Å²) in [5.41, 5.74) is 3.12. The molecule has 0 bridgehead atoms. The van der Waals surface area contributed by atoms with Crippen LogP contribution in [0.2, 0.25) is 0 Å². The van der Waals surface area contributed by atoms with Crippen LogP contribution in [0.25, 0.3) is 0 Å². The second-order valence-corrected chi connectivity index (χ2v) is 60.3. The van der Waals surface area contributed by atoms with Gasteiger partial charge in [0, 0.05) is 19.6 Å². The fourth-order valence-corrected chi connectivity index (χ4v) is 45.2. The third-order valence-electron chi connectivity index (χ3n) is 52.1. The molecular weight excluding hydrogens is 1870 g/mol. The van der Waals surface area contributed by atoms with E-state index >= 15 is 0 Å². The third kappa shape index (κ3) is 22.7. The van der Waals surface area contributed by atoms with E-state index in [1.54, 1.807) is 0 Å². The van der Waals surface area contributed by atoms with E-state index in [9.17, 15) is 72.7 Å². The maximum atomic E-state index is 11.3. The van der Waals surface area contributed by atoms with Gasteiger partial charge >= 0.3 is 26.8 Å². The quantitative estimate of drug-likeness (QED) is 0.0282. The number of hydrogen-bond acceptors (Lipinski definition) is 18. The molecule has 0 heterocycles. The van der Waals surface area contributed by atoms with Crippen LogP contribution in [-0.4, -0.2) is 175 Å². The maximum absolute atomic E-state index is 11.3. The highest BCUT2D eigenvalue weighted by Gasteiger charge is 2.70. The van der Waals surface area contributed by atoms with Crippen LogP contribution in [0.3, 0.4) is 0 Å². The number of rotatable bonds is 26. The van der Waals surface area contributed by atoms with Gasteiger partial charge in [-0.3, -0.25) is 13.9 Å². The van der Waals surface area contributed by atoms with Crippen molar-refractivity contribution in [1.29, 1.82) is 0 Å². The van der Waals surface area contributed by atoms with Crippen LogP contribution in [0.15, 0.2) is 0 Å². The van der Waals surface area contributed by atoms with Gasteiger partial charge in [-0.25, -0.2) is 8.37 Å². The molecule has 0 amide bonds. The van der Waals surface area contributed by atoms with Crippen LogP contribution >= 0.6 is 0 Å². The van der Waals surface area contributed by atoms with Gasteiger partial charge in [0.05, 0.1) is 68.1 Å². The average Bonchev–Trinajstić information content (AvgIpc) is 1.65. The number of unbranched alkanes of at least 4 members (excludes halogenated alkanes) is 3. The number of carboxylic acid groups (broad SMARTS) is 1. The molecule has 838 valence electrons. The predicted octanol–water partition coefficient (Wildman–Crippen LogP) is 23.5. The lowest BCUT2D eigenvalue weighted by atomic mass is 9.43. The molecule has 20 saturated carbocycles. The smallest absolute Gasteiger partial charge is 0.397 e. The standard InChI is InChI=1S/C26H44O4.C26H46O3.C24H42O5S.C23H40O6S.C23H40O3/c1-16(6-4-5-7-23(29)30)19-8-9-20-24-21(11-13-26(19,20)3)25(2)12-10-18(27)14-17(25)15-22(24)28;1-17(7-5-4-6-14-27)20-8-9-21-24-22(11-13-26(20,21)3)25(2)12-10-19(28)15-18(25)16-23(24)29;1-16(7-6-14-29-30(26,27)28)18-9-10-19-22-20(11-13-24(18,19)3)23(2)12-5-4-8-17(23)15-21(22)25;1-14(8-11-29-30(26,27)28)17-4-5-18-21-19(7-10-23(17,18)3)22(2)9-6-16(24)12-15(22)13-20(21)25;1-14(8-11-24)17-4-5-18-21-19(7-10-23(17,18)3)22(2)9-6-16(25)12-15(22)13-20(21)26/h16-22,24,27-28H,4-15H2,1-3H3,(H,29,30);17-24,27-29H,4-16H2,1-3H3;16-22,25H,4-15H2,1-3H3,(H,26,27,28);14-21,24-25H,4-13H2,1-3H3,(H,26,27,28);14-21,24-26H,4-13H2,1-3H3/t16-,17+,18-,19-,20?,21?,22+,24?,25+,26-;17-,18+,19-,20-,21?,22?,23+,24?,25+,26-;16-,17+,18-,19?,20?,21-,22?,23+,24-;2*14-,15+,16-,17-,18?,19?,20+,21?,22+,23-/m11111/s1. The highest BCUT2D eigenvalue weighted by Crippen LogP contribution is 2.76. The molecule has 49 atom stereocenters. The van der Waals surface area contributed by atoms with Crippen molar-refractivity contribution in [1.82, 2.24) is 0 Å². The summed E-state index contributed by atoms with van der Waals surface area (Å²) in [4.78, 5) is 10.8. The minimum atomic E-state index is -4.38. The SMILES string of the molecule is C[C@H](CCCCC(=O)O)[C@H]1CCC2C3C(CC[C@@]21C)[C@@]1(C)CC[C@@H](O)C[C@H]1C[C@@H]3O.C[C@H](CCCCCO)[C@H]1CCC2C3C(CC[C@@]21C)[C@@]1(C)CC[C@@H](O)C[C@H]1C[C@@H]3O.C[C@H](CCCOS(=O)(=O)O)[C@H]1CCC2C3C(CC[C@@]21C)[C@@]1(C)CCCC[C@H]1C[C@H]3O.C[C@H](CCO)[C@H]1CCC2C3C(CC[C@@]21C)[C@@]1(C)CC[C@@H](O)C[C@H]1C[C@@H]3O.C[C@H](CCOS(=O)(=O)O)[C@H]1CCC2C3C(CC[C@@]21C)[C@@]1(C)CC[C@@H](O)C[C@H]1C[C@@H]3O. The van der Waals surface area contributed by atoms with Gasteiger partial charge < -0.3 is 61.3 Å². The van der Waals surface area contributed by atoms with Crippen molar-refractivity contribution in [3.63, 3.8) is 0 Å². The van der Waals surface area contributed by atoms with Crippen molar-refractivity contribution in [3.8, 4) is 0 Å². The van der Waals surface area contributed by atoms with Crippen molar-refractivity contribution in [2.45, 2.75) is 499 Å². The lowest BCUT2D eigenvalue weighted by Gasteiger charge is -2.62. The summed E-state index contributed by atoms with van der Waals surface area (Å²) >= 11 is 0. The molecule has 0 spiro atoms. The topological polar surface area (TPSA) is 387 Å². The Balaban J connectivity index is 0.000000130. The summed E-state index contributed by atoms with van der Waals surface area (Å²) in [6.45, 7) is 37.3. The van der Waals surface area contributed by atoms with Crippen molar-refractivity contribution in [2.24, 2.45) is 232 Å². The number of hydrogen-bond donors (Lipinski definition) is 14. The zero-order valence-electron chi connectivity index (χ0n) is 93.3. The molecule has 14 N–H and O–H groups in total. The largest absolute Gasteiger partial charge is 0.481 e. The van der Waals surface area contributed by atoms with Crippen molar-refractivity contribution < 1.29 is 100 Å². The molecule has 0 aliphatic heterocycles. The van der Waals surface area contributed by atoms with Gasteiger partial charge in [-0.1, -0.05) is 149 Å². The first kappa shape index (κ1) is 116. The minimum Gasteiger partial charge on any atom is -0.481 e. The molecule has 0 aromatic rings. The Kier molecular flexibility index (Phi) is 36.9. The highest BCUT2D eigenvalue weighted by atomic mass is 32.3. The molecule has 23 heteroatoms. The third-order valence-corrected chi connectivity index (χ3v) is 53.0. The lowest BCUT2D eigenvalue weighted by Crippen LogP contribution is -2.58.